The standard InChI is InChI=1S/C16H22N6O2/c1-11-15(18-19-22(11)14-8-17-20(2)9-14)16(23)21-5-6-24-10-13(21)7-12-3-4-12/h8-9,12-13H,3-7,10H2,1-2H3. The van der Waals surface area contributed by atoms with E-state index < -0.39 is 0 Å². The number of aryl methyl sites for hydroxylation is 1. The Hall–Kier alpha value is -2.22. The molecule has 1 amide bonds. The van der Waals surface area contributed by atoms with E-state index in [-0.39, 0.29) is 11.9 Å². The first-order valence-electron chi connectivity index (χ1n) is 8.43. The van der Waals surface area contributed by atoms with Crippen molar-refractivity contribution in [3.8, 4) is 5.69 Å². The van der Waals surface area contributed by atoms with Crippen molar-refractivity contribution in [1.82, 2.24) is 29.7 Å². The first kappa shape index (κ1) is 15.3. The normalized spacial score (nSPS) is 21.2. The molecule has 2 aromatic heterocycles. The number of amides is 1. The largest absolute Gasteiger partial charge is 0.377 e. The van der Waals surface area contributed by atoms with Crippen LogP contribution in [-0.2, 0) is 11.8 Å². The highest BCUT2D eigenvalue weighted by atomic mass is 16.5. The van der Waals surface area contributed by atoms with E-state index in [0.717, 1.165) is 23.7 Å². The fourth-order valence-corrected chi connectivity index (χ4v) is 3.28. The van der Waals surface area contributed by atoms with Crippen molar-refractivity contribution in [2.45, 2.75) is 32.2 Å². The van der Waals surface area contributed by atoms with Crippen molar-refractivity contribution in [3.05, 3.63) is 23.8 Å². The summed E-state index contributed by atoms with van der Waals surface area (Å²) in [6.45, 7) is 3.70. The molecule has 1 atom stereocenters. The van der Waals surface area contributed by atoms with Gasteiger partial charge in [0.1, 0.15) is 5.69 Å². The van der Waals surface area contributed by atoms with Crippen LogP contribution in [0.4, 0.5) is 0 Å². The van der Waals surface area contributed by atoms with Gasteiger partial charge in [-0.25, -0.2) is 4.68 Å². The molecule has 3 heterocycles. The topological polar surface area (TPSA) is 78.1 Å². The molecule has 0 spiro atoms. The first-order chi connectivity index (χ1) is 11.6. The van der Waals surface area contributed by atoms with E-state index in [4.69, 9.17) is 4.74 Å². The highest BCUT2D eigenvalue weighted by Gasteiger charge is 2.35. The second-order valence-electron chi connectivity index (χ2n) is 6.71. The summed E-state index contributed by atoms with van der Waals surface area (Å²) >= 11 is 0. The Morgan fingerprint density at radius 1 is 1.42 bits per heavy atom. The Bertz CT molecular complexity index is 748. The van der Waals surface area contributed by atoms with Gasteiger partial charge in [-0.05, 0) is 19.3 Å². The molecule has 2 fully saturated rings. The highest BCUT2D eigenvalue weighted by Crippen LogP contribution is 2.35. The zero-order valence-electron chi connectivity index (χ0n) is 14.1. The molecule has 128 valence electrons. The molecule has 1 saturated heterocycles. The maximum Gasteiger partial charge on any atom is 0.276 e. The summed E-state index contributed by atoms with van der Waals surface area (Å²) < 4.78 is 8.95. The van der Waals surface area contributed by atoms with Crippen molar-refractivity contribution in [2.75, 3.05) is 19.8 Å². The fraction of sp³-hybridized carbons (Fsp3) is 0.625. The van der Waals surface area contributed by atoms with Gasteiger partial charge in [0.05, 0.1) is 37.3 Å². The Kier molecular flexibility index (Phi) is 3.84. The first-order valence-corrected chi connectivity index (χ1v) is 8.43. The number of aromatic nitrogens is 5. The molecule has 1 aliphatic heterocycles. The van der Waals surface area contributed by atoms with Gasteiger partial charge in [0.2, 0.25) is 0 Å². The smallest absolute Gasteiger partial charge is 0.276 e. The maximum atomic E-state index is 13.0. The van der Waals surface area contributed by atoms with E-state index >= 15 is 0 Å². The number of hydrogen-bond donors (Lipinski definition) is 0. The average molecular weight is 330 g/mol. The van der Waals surface area contributed by atoms with Gasteiger partial charge in [0, 0.05) is 13.6 Å². The van der Waals surface area contributed by atoms with E-state index in [9.17, 15) is 4.79 Å². The molecule has 2 aromatic rings. The molecule has 8 nitrogen and oxygen atoms in total. The molecule has 1 saturated carbocycles. The summed E-state index contributed by atoms with van der Waals surface area (Å²) in [6.07, 6.45) is 7.13. The van der Waals surface area contributed by atoms with Crippen LogP contribution in [0.25, 0.3) is 5.69 Å². The van der Waals surface area contributed by atoms with Gasteiger partial charge in [0.25, 0.3) is 5.91 Å². The Morgan fingerprint density at radius 2 is 2.25 bits per heavy atom. The van der Waals surface area contributed by atoms with E-state index in [1.54, 1.807) is 15.6 Å². The second-order valence-corrected chi connectivity index (χ2v) is 6.71. The van der Waals surface area contributed by atoms with Gasteiger partial charge in [0.15, 0.2) is 5.69 Å². The van der Waals surface area contributed by atoms with Crippen LogP contribution in [0.2, 0.25) is 0 Å². The summed E-state index contributed by atoms with van der Waals surface area (Å²) in [5.41, 5.74) is 1.96. The van der Waals surface area contributed by atoms with Crippen LogP contribution < -0.4 is 0 Å². The zero-order valence-corrected chi connectivity index (χ0v) is 14.1. The third-order valence-electron chi connectivity index (χ3n) is 4.82. The Balaban J connectivity index is 1.58. The van der Waals surface area contributed by atoms with Crippen molar-refractivity contribution >= 4 is 5.91 Å². The van der Waals surface area contributed by atoms with Crippen LogP contribution in [0.5, 0.6) is 0 Å². The molecule has 0 aromatic carbocycles. The van der Waals surface area contributed by atoms with Gasteiger partial charge in [-0.15, -0.1) is 5.10 Å². The lowest BCUT2D eigenvalue weighted by Gasteiger charge is -2.35. The van der Waals surface area contributed by atoms with Crippen LogP contribution in [-0.4, -0.2) is 61.4 Å². The lowest BCUT2D eigenvalue weighted by atomic mass is 10.1. The molecule has 0 N–H and O–H groups in total. The number of hydrogen-bond acceptors (Lipinski definition) is 5. The summed E-state index contributed by atoms with van der Waals surface area (Å²) in [5, 5.41) is 12.4. The van der Waals surface area contributed by atoms with Gasteiger partial charge in [-0.1, -0.05) is 18.1 Å². The number of rotatable bonds is 4. The monoisotopic (exact) mass is 330 g/mol. The molecule has 2 aliphatic rings. The zero-order chi connectivity index (χ0) is 16.7. The lowest BCUT2D eigenvalue weighted by molar-refractivity contribution is -0.00604. The molecule has 8 heteroatoms. The molecule has 1 aliphatic carbocycles. The average Bonchev–Trinajstić information content (AvgIpc) is 3.16. The van der Waals surface area contributed by atoms with E-state index in [2.05, 4.69) is 15.4 Å². The van der Waals surface area contributed by atoms with Crippen molar-refractivity contribution in [2.24, 2.45) is 13.0 Å². The molecule has 0 bridgehead atoms. The molecule has 4 rings (SSSR count). The number of carbonyl (C=O) groups excluding carboxylic acids is 1. The molecular weight excluding hydrogens is 308 g/mol. The van der Waals surface area contributed by atoms with Gasteiger partial charge in [-0.3, -0.25) is 9.48 Å². The van der Waals surface area contributed by atoms with E-state index in [0.29, 0.717) is 25.5 Å². The summed E-state index contributed by atoms with van der Waals surface area (Å²) in [5.74, 6) is 0.704. The minimum absolute atomic E-state index is 0.0448. The Labute approximate surface area is 140 Å². The van der Waals surface area contributed by atoms with E-state index in [1.807, 2.05) is 25.1 Å². The van der Waals surface area contributed by atoms with Crippen molar-refractivity contribution < 1.29 is 9.53 Å². The van der Waals surface area contributed by atoms with Gasteiger partial charge in [-0.2, -0.15) is 5.10 Å². The summed E-state index contributed by atoms with van der Waals surface area (Å²) in [4.78, 5) is 14.9. The van der Waals surface area contributed by atoms with Gasteiger partial charge >= 0.3 is 0 Å². The highest BCUT2D eigenvalue weighted by molar-refractivity contribution is 5.93. The minimum atomic E-state index is -0.0448. The third-order valence-corrected chi connectivity index (χ3v) is 4.82. The number of carbonyl (C=O) groups is 1. The molecule has 24 heavy (non-hydrogen) atoms. The third kappa shape index (κ3) is 2.82. The fourth-order valence-electron chi connectivity index (χ4n) is 3.28. The molecule has 0 radical (unpaired) electrons. The quantitative estimate of drug-likeness (QED) is 0.834. The van der Waals surface area contributed by atoms with E-state index in [1.165, 1.54) is 12.8 Å². The minimum Gasteiger partial charge on any atom is -0.377 e. The summed E-state index contributed by atoms with van der Waals surface area (Å²) in [7, 11) is 1.85. The van der Waals surface area contributed by atoms with Crippen LogP contribution in [0, 0.1) is 12.8 Å². The van der Waals surface area contributed by atoms with Crippen LogP contribution in [0.15, 0.2) is 12.4 Å². The number of morpholine rings is 1. The van der Waals surface area contributed by atoms with Crippen molar-refractivity contribution in [1.29, 1.82) is 0 Å². The lowest BCUT2D eigenvalue weighted by Crippen LogP contribution is -2.49. The van der Waals surface area contributed by atoms with Crippen LogP contribution >= 0.6 is 0 Å². The predicted molar refractivity (Wildman–Crippen MR) is 85.8 cm³/mol. The maximum absolute atomic E-state index is 13.0. The molecule has 1 unspecified atom stereocenters. The SMILES string of the molecule is Cc1c(C(=O)N2CCOCC2CC2CC2)nnn1-c1cnn(C)c1. The van der Waals surface area contributed by atoms with Crippen LogP contribution in [0.3, 0.4) is 0 Å². The summed E-state index contributed by atoms with van der Waals surface area (Å²) in [6, 6.07) is 0.154. The molecular formula is C16H22N6O2. The van der Waals surface area contributed by atoms with Gasteiger partial charge < -0.3 is 9.64 Å². The number of ether oxygens (including phenoxy) is 1. The van der Waals surface area contributed by atoms with Crippen molar-refractivity contribution in [3.63, 3.8) is 0 Å². The van der Waals surface area contributed by atoms with Crippen LogP contribution in [0.1, 0.15) is 35.4 Å². The number of nitrogens with zero attached hydrogens (tertiary/aromatic N) is 6. The Morgan fingerprint density at radius 3 is 2.96 bits per heavy atom. The second kappa shape index (κ2) is 6.01. The predicted octanol–water partition coefficient (Wildman–Crippen LogP) is 0.950.